The summed E-state index contributed by atoms with van der Waals surface area (Å²) in [6, 6.07) is 1.28. The van der Waals surface area contributed by atoms with E-state index in [0.717, 1.165) is 30.9 Å². The van der Waals surface area contributed by atoms with Gasteiger partial charge < -0.3 is 10.1 Å². The lowest BCUT2D eigenvalue weighted by atomic mass is 9.85. The summed E-state index contributed by atoms with van der Waals surface area (Å²) in [6.07, 6.45) is 6.88. The molecule has 0 spiro atoms. The lowest BCUT2D eigenvalue weighted by Crippen LogP contribution is -2.46. The molecule has 1 aliphatic heterocycles. The highest BCUT2D eigenvalue weighted by molar-refractivity contribution is 7.99. The molecule has 1 saturated carbocycles. The molecule has 2 atom stereocenters. The SMILES string of the molecule is CCOC(=O)C1CCC(NC2CCCSC2C)CC1. The van der Waals surface area contributed by atoms with Crippen LogP contribution in [0, 0.1) is 5.92 Å². The number of esters is 1. The maximum Gasteiger partial charge on any atom is 0.308 e. The van der Waals surface area contributed by atoms with Crippen LogP contribution in [-0.2, 0) is 9.53 Å². The first-order chi connectivity index (χ1) is 9.20. The molecule has 2 unspecified atom stereocenters. The van der Waals surface area contributed by atoms with Crippen molar-refractivity contribution in [3.05, 3.63) is 0 Å². The van der Waals surface area contributed by atoms with Crippen molar-refractivity contribution in [3.63, 3.8) is 0 Å². The van der Waals surface area contributed by atoms with Crippen LogP contribution in [0.25, 0.3) is 0 Å². The minimum Gasteiger partial charge on any atom is -0.466 e. The van der Waals surface area contributed by atoms with Crippen LogP contribution in [-0.4, -0.2) is 35.7 Å². The van der Waals surface area contributed by atoms with Crippen molar-refractivity contribution in [1.29, 1.82) is 0 Å². The van der Waals surface area contributed by atoms with Gasteiger partial charge in [-0.05, 0) is 51.2 Å². The molecule has 2 fully saturated rings. The van der Waals surface area contributed by atoms with E-state index in [-0.39, 0.29) is 11.9 Å². The second kappa shape index (κ2) is 7.53. The number of hydrogen-bond acceptors (Lipinski definition) is 4. The quantitative estimate of drug-likeness (QED) is 0.806. The number of carbonyl (C=O) groups is 1. The summed E-state index contributed by atoms with van der Waals surface area (Å²) in [4.78, 5) is 11.7. The highest BCUT2D eigenvalue weighted by Crippen LogP contribution is 2.29. The lowest BCUT2D eigenvalue weighted by molar-refractivity contribution is -0.149. The molecular formula is C15H27NO2S. The van der Waals surface area contributed by atoms with E-state index < -0.39 is 0 Å². The molecule has 1 aliphatic carbocycles. The second-order valence-corrected chi connectivity index (χ2v) is 7.28. The van der Waals surface area contributed by atoms with Gasteiger partial charge in [0.2, 0.25) is 0 Å². The van der Waals surface area contributed by atoms with E-state index in [2.05, 4.69) is 24.0 Å². The molecule has 3 nitrogen and oxygen atoms in total. The Morgan fingerprint density at radius 2 is 2.00 bits per heavy atom. The molecule has 1 saturated heterocycles. The van der Waals surface area contributed by atoms with E-state index in [9.17, 15) is 4.79 Å². The fourth-order valence-corrected chi connectivity index (χ4v) is 4.35. The summed E-state index contributed by atoms with van der Waals surface area (Å²) in [5.74, 6) is 1.48. The summed E-state index contributed by atoms with van der Waals surface area (Å²) < 4.78 is 5.12. The largest absolute Gasteiger partial charge is 0.466 e. The van der Waals surface area contributed by atoms with Crippen LogP contribution >= 0.6 is 11.8 Å². The summed E-state index contributed by atoms with van der Waals surface area (Å²) in [5, 5.41) is 4.56. The molecule has 19 heavy (non-hydrogen) atoms. The monoisotopic (exact) mass is 285 g/mol. The average molecular weight is 285 g/mol. The van der Waals surface area contributed by atoms with E-state index in [1.165, 1.54) is 18.6 Å². The molecule has 0 aromatic rings. The van der Waals surface area contributed by atoms with Crippen molar-refractivity contribution in [2.24, 2.45) is 5.92 Å². The molecule has 0 amide bonds. The Kier molecular flexibility index (Phi) is 6.02. The van der Waals surface area contributed by atoms with Gasteiger partial charge in [-0.15, -0.1) is 0 Å². The van der Waals surface area contributed by atoms with Gasteiger partial charge in [0.15, 0.2) is 0 Å². The van der Waals surface area contributed by atoms with E-state index in [0.29, 0.717) is 18.7 Å². The van der Waals surface area contributed by atoms with Crippen molar-refractivity contribution in [2.75, 3.05) is 12.4 Å². The van der Waals surface area contributed by atoms with Gasteiger partial charge in [0.1, 0.15) is 0 Å². The maximum atomic E-state index is 11.7. The minimum atomic E-state index is 0.0162. The van der Waals surface area contributed by atoms with Crippen LogP contribution in [0.2, 0.25) is 0 Å². The fourth-order valence-electron chi connectivity index (χ4n) is 3.20. The van der Waals surface area contributed by atoms with E-state index in [1.807, 2.05) is 6.92 Å². The van der Waals surface area contributed by atoms with Gasteiger partial charge in [-0.1, -0.05) is 6.92 Å². The zero-order valence-electron chi connectivity index (χ0n) is 12.2. The smallest absolute Gasteiger partial charge is 0.308 e. The Balaban J connectivity index is 1.72. The van der Waals surface area contributed by atoms with Crippen molar-refractivity contribution in [1.82, 2.24) is 5.32 Å². The predicted octanol–water partition coefficient (Wildman–Crippen LogP) is 2.98. The maximum absolute atomic E-state index is 11.7. The third-order valence-electron chi connectivity index (χ3n) is 4.40. The molecule has 4 heteroatoms. The number of thioether (sulfide) groups is 1. The highest BCUT2D eigenvalue weighted by Gasteiger charge is 2.30. The fraction of sp³-hybridized carbons (Fsp3) is 0.933. The number of carbonyl (C=O) groups excluding carboxylic acids is 1. The first-order valence-electron chi connectivity index (χ1n) is 7.75. The molecule has 0 bridgehead atoms. The third-order valence-corrected chi connectivity index (χ3v) is 5.78. The van der Waals surface area contributed by atoms with Gasteiger partial charge in [0.05, 0.1) is 12.5 Å². The zero-order valence-corrected chi connectivity index (χ0v) is 13.0. The Labute approximate surface area is 121 Å². The molecular weight excluding hydrogens is 258 g/mol. The summed E-state index contributed by atoms with van der Waals surface area (Å²) in [5.41, 5.74) is 0. The van der Waals surface area contributed by atoms with E-state index in [4.69, 9.17) is 4.74 Å². The van der Waals surface area contributed by atoms with Gasteiger partial charge in [-0.2, -0.15) is 11.8 Å². The van der Waals surface area contributed by atoms with Crippen molar-refractivity contribution in [3.8, 4) is 0 Å². The predicted molar refractivity (Wildman–Crippen MR) is 80.5 cm³/mol. The van der Waals surface area contributed by atoms with Gasteiger partial charge in [-0.25, -0.2) is 0 Å². The number of rotatable bonds is 4. The molecule has 1 N–H and O–H groups in total. The Hall–Kier alpha value is -0.220. The van der Waals surface area contributed by atoms with Gasteiger partial charge in [0, 0.05) is 17.3 Å². The van der Waals surface area contributed by atoms with Crippen LogP contribution in [0.1, 0.15) is 52.4 Å². The van der Waals surface area contributed by atoms with Crippen LogP contribution in [0.15, 0.2) is 0 Å². The van der Waals surface area contributed by atoms with E-state index >= 15 is 0 Å². The van der Waals surface area contributed by atoms with Crippen molar-refractivity contribution < 1.29 is 9.53 Å². The summed E-state index contributed by atoms with van der Waals surface area (Å²) in [6.45, 7) is 4.73. The molecule has 110 valence electrons. The standard InChI is InChI=1S/C15H27NO2S/c1-3-18-15(17)12-6-8-13(9-7-12)16-14-5-4-10-19-11(14)2/h11-14,16H,3-10H2,1-2H3. The van der Waals surface area contributed by atoms with Gasteiger partial charge in [-0.3, -0.25) is 4.79 Å². The Morgan fingerprint density at radius 1 is 1.26 bits per heavy atom. The van der Waals surface area contributed by atoms with Crippen LogP contribution < -0.4 is 5.32 Å². The average Bonchev–Trinajstić information content (AvgIpc) is 2.42. The number of ether oxygens (including phenoxy) is 1. The van der Waals surface area contributed by atoms with Crippen molar-refractivity contribution in [2.45, 2.75) is 69.7 Å². The highest BCUT2D eigenvalue weighted by atomic mass is 32.2. The molecule has 2 rings (SSSR count). The molecule has 0 radical (unpaired) electrons. The first kappa shape index (κ1) is 15.2. The van der Waals surface area contributed by atoms with E-state index in [1.54, 1.807) is 0 Å². The van der Waals surface area contributed by atoms with Gasteiger partial charge >= 0.3 is 5.97 Å². The van der Waals surface area contributed by atoms with Crippen LogP contribution in [0.5, 0.6) is 0 Å². The lowest BCUT2D eigenvalue weighted by Gasteiger charge is -2.35. The Morgan fingerprint density at radius 3 is 2.63 bits per heavy atom. The molecule has 1 heterocycles. The molecule has 0 aromatic carbocycles. The summed E-state index contributed by atoms with van der Waals surface area (Å²) >= 11 is 2.09. The second-order valence-electron chi connectivity index (χ2n) is 5.79. The number of nitrogens with one attached hydrogen (secondary N) is 1. The minimum absolute atomic E-state index is 0.0162. The molecule has 2 aliphatic rings. The van der Waals surface area contributed by atoms with Crippen molar-refractivity contribution >= 4 is 17.7 Å². The van der Waals surface area contributed by atoms with Crippen LogP contribution in [0.4, 0.5) is 0 Å². The van der Waals surface area contributed by atoms with Crippen LogP contribution in [0.3, 0.4) is 0 Å². The topological polar surface area (TPSA) is 38.3 Å². The number of hydrogen-bond donors (Lipinski definition) is 1. The first-order valence-corrected chi connectivity index (χ1v) is 8.80. The zero-order chi connectivity index (χ0) is 13.7. The third kappa shape index (κ3) is 4.38. The Bertz CT molecular complexity index is 290. The molecule has 0 aromatic heterocycles. The summed E-state index contributed by atoms with van der Waals surface area (Å²) in [7, 11) is 0. The van der Waals surface area contributed by atoms with Gasteiger partial charge in [0.25, 0.3) is 0 Å². The normalized spacial score (nSPS) is 35.9.